The molecule has 1 heterocycles. The van der Waals surface area contributed by atoms with Crippen molar-refractivity contribution >= 4 is 17.9 Å². The van der Waals surface area contributed by atoms with Crippen LogP contribution in [0.5, 0.6) is 0 Å². The first-order chi connectivity index (χ1) is 22.2. The third-order valence-electron chi connectivity index (χ3n) is 14.6. The molecular formula is C39H65N3O6. The van der Waals surface area contributed by atoms with Gasteiger partial charge in [0.2, 0.25) is 0 Å². The molecule has 9 heteroatoms. The number of carbonyl (C=O) groups is 2. The van der Waals surface area contributed by atoms with E-state index < -0.39 is 18.0 Å². The van der Waals surface area contributed by atoms with Crippen LogP contribution in [0.3, 0.4) is 0 Å². The number of hydrogen-bond acceptors (Lipinski definition) is 6. The molecule has 2 bridgehead atoms. The number of hydrogen-bond donors (Lipinski definition) is 4. The number of esters is 1. The van der Waals surface area contributed by atoms with Gasteiger partial charge in [0, 0.05) is 29.8 Å². The SMILES string of the molecule is CC(=O)O[C@@H]1C[C@@]23COC[C@@](C)(C2CC[C@H]2C3=CC[C@@]3(C)[C@H](C(=O)O)[C@@](C)([C@H](C)C(C)C)CC[C@]23C)[C@H]1OCCNC(=N)NC(C)(C)C. The molecule has 4 fully saturated rings. The second kappa shape index (κ2) is 12.6. The average molecular weight is 672 g/mol. The highest BCUT2D eigenvalue weighted by molar-refractivity contribution is 5.77. The average Bonchev–Trinajstić information content (AvgIpc) is 2.95. The molecule has 5 aliphatic rings. The lowest BCUT2D eigenvalue weighted by Crippen LogP contribution is -2.70. The minimum atomic E-state index is -0.651. The Kier molecular flexibility index (Phi) is 9.73. The van der Waals surface area contributed by atoms with E-state index in [1.165, 1.54) is 12.5 Å². The maximum Gasteiger partial charge on any atom is 0.307 e. The van der Waals surface area contributed by atoms with Crippen molar-refractivity contribution in [3.63, 3.8) is 0 Å². The molecule has 3 saturated carbocycles. The van der Waals surface area contributed by atoms with Gasteiger partial charge < -0.3 is 30.0 Å². The molecule has 1 aliphatic heterocycles. The van der Waals surface area contributed by atoms with Crippen LogP contribution < -0.4 is 10.6 Å². The van der Waals surface area contributed by atoms with Gasteiger partial charge in [-0.1, -0.05) is 60.1 Å². The Morgan fingerprint density at radius 2 is 1.77 bits per heavy atom. The quantitative estimate of drug-likeness (QED) is 0.0729. The molecule has 9 nitrogen and oxygen atoms in total. The number of nitrogens with one attached hydrogen (secondary N) is 3. The molecule has 11 atom stereocenters. The Morgan fingerprint density at radius 1 is 1.08 bits per heavy atom. The summed E-state index contributed by atoms with van der Waals surface area (Å²) < 4.78 is 19.4. The molecule has 4 aliphatic carbocycles. The molecule has 0 aromatic carbocycles. The van der Waals surface area contributed by atoms with Crippen molar-refractivity contribution < 1.29 is 28.9 Å². The largest absolute Gasteiger partial charge is 0.481 e. The normalized spacial score (nSPS) is 42.8. The number of ether oxygens (including phenoxy) is 3. The van der Waals surface area contributed by atoms with Gasteiger partial charge in [0.05, 0.1) is 25.7 Å². The van der Waals surface area contributed by atoms with E-state index >= 15 is 0 Å². The number of carboxylic acids is 1. The second-order valence-electron chi connectivity index (χ2n) is 18.7. The smallest absolute Gasteiger partial charge is 0.307 e. The van der Waals surface area contributed by atoms with Crippen LogP contribution in [0.2, 0.25) is 0 Å². The Morgan fingerprint density at radius 3 is 2.38 bits per heavy atom. The van der Waals surface area contributed by atoms with E-state index in [9.17, 15) is 14.7 Å². The zero-order valence-corrected chi connectivity index (χ0v) is 31.7. The fraction of sp³-hybridized carbons (Fsp3) is 0.872. The van der Waals surface area contributed by atoms with Crippen molar-refractivity contribution in [3.05, 3.63) is 11.6 Å². The fourth-order valence-electron chi connectivity index (χ4n) is 12.0. The van der Waals surface area contributed by atoms with Gasteiger partial charge in [-0.15, -0.1) is 0 Å². The first-order valence-corrected chi connectivity index (χ1v) is 18.6. The van der Waals surface area contributed by atoms with Gasteiger partial charge in [0.25, 0.3) is 0 Å². The number of allylic oxidation sites excluding steroid dienone is 1. The van der Waals surface area contributed by atoms with Gasteiger partial charge in [0.1, 0.15) is 12.2 Å². The molecule has 272 valence electrons. The van der Waals surface area contributed by atoms with Gasteiger partial charge in [0.15, 0.2) is 5.96 Å². The number of aliphatic carboxylic acids is 1. The summed E-state index contributed by atoms with van der Waals surface area (Å²) in [5.74, 6) is 0.111. The summed E-state index contributed by atoms with van der Waals surface area (Å²) in [6.45, 7) is 25.4. The summed E-state index contributed by atoms with van der Waals surface area (Å²) in [5, 5.41) is 25.5. The molecule has 4 N–H and O–H groups in total. The topological polar surface area (TPSA) is 130 Å². The van der Waals surface area contributed by atoms with E-state index in [2.05, 4.69) is 65.2 Å². The van der Waals surface area contributed by atoms with Crippen LogP contribution in [0.15, 0.2) is 11.6 Å². The first kappa shape index (κ1) is 37.1. The minimum absolute atomic E-state index is 0.175. The van der Waals surface area contributed by atoms with Crippen molar-refractivity contribution in [2.75, 3.05) is 26.4 Å². The van der Waals surface area contributed by atoms with Gasteiger partial charge in [-0.2, -0.15) is 0 Å². The number of fused-ring (bicyclic) bond motifs is 3. The van der Waals surface area contributed by atoms with Gasteiger partial charge in [-0.05, 0) is 99.2 Å². The molecule has 5 rings (SSSR count). The van der Waals surface area contributed by atoms with Crippen LogP contribution in [0, 0.1) is 62.1 Å². The van der Waals surface area contributed by atoms with Crippen LogP contribution in [-0.2, 0) is 23.8 Å². The van der Waals surface area contributed by atoms with E-state index in [0.717, 1.165) is 32.1 Å². The molecule has 0 radical (unpaired) electrons. The molecule has 1 unspecified atom stereocenters. The number of carbonyl (C=O) groups excluding carboxylic acids is 1. The highest BCUT2D eigenvalue weighted by Gasteiger charge is 2.72. The summed E-state index contributed by atoms with van der Waals surface area (Å²) >= 11 is 0. The molecule has 0 aromatic rings. The third kappa shape index (κ3) is 5.80. The van der Waals surface area contributed by atoms with Gasteiger partial charge in [-0.3, -0.25) is 15.0 Å². The first-order valence-electron chi connectivity index (χ1n) is 18.6. The fourth-order valence-corrected chi connectivity index (χ4v) is 12.0. The van der Waals surface area contributed by atoms with Crippen LogP contribution in [0.4, 0.5) is 0 Å². The predicted molar refractivity (Wildman–Crippen MR) is 187 cm³/mol. The van der Waals surface area contributed by atoms with E-state index in [1.807, 2.05) is 20.8 Å². The maximum atomic E-state index is 13.4. The molecule has 0 amide bonds. The standard InChI is InChI=1S/C39H65N3O6/c1-23(2)24(3)35(8)16-17-37(10)26-12-13-29-36(9)21-46-22-39(29,27(26)14-15-38(37,11)30(35)32(44)45)20-28(48-25(4)43)31(36)47-19-18-41-33(40)42-34(5,6)7/h14,23-24,26,28-31H,12-13,15-22H2,1-11H3,(H,44,45)(H3,40,41,42)/t24-,26+,28-,29?,30-,31+,35-,36+,37-,38+,39+/m1/s1. The second-order valence-corrected chi connectivity index (χ2v) is 18.7. The van der Waals surface area contributed by atoms with E-state index in [0.29, 0.717) is 50.5 Å². The summed E-state index contributed by atoms with van der Waals surface area (Å²) in [4.78, 5) is 26.0. The predicted octanol–water partition coefficient (Wildman–Crippen LogP) is 6.80. The van der Waals surface area contributed by atoms with E-state index in [-0.39, 0.29) is 56.6 Å². The highest BCUT2D eigenvalue weighted by atomic mass is 16.6. The number of rotatable bonds is 8. The Balaban J connectivity index is 1.47. The summed E-state index contributed by atoms with van der Waals surface area (Å²) in [5.41, 5.74) is -0.300. The number of carboxylic acid groups (broad SMARTS) is 1. The summed E-state index contributed by atoms with van der Waals surface area (Å²) in [6.07, 6.45) is 6.99. The molecular weight excluding hydrogens is 606 g/mol. The van der Waals surface area contributed by atoms with Crippen molar-refractivity contribution in [3.8, 4) is 0 Å². The van der Waals surface area contributed by atoms with E-state index in [4.69, 9.17) is 19.6 Å². The van der Waals surface area contributed by atoms with E-state index in [1.54, 1.807) is 0 Å². The Labute approximate surface area is 289 Å². The summed E-state index contributed by atoms with van der Waals surface area (Å²) in [7, 11) is 0. The van der Waals surface area contributed by atoms with Crippen LogP contribution >= 0.6 is 0 Å². The van der Waals surface area contributed by atoms with Crippen LogP contribution in [0.1, 0.15) is 115 Å². The summed E-state index contributed by atoms with van der Waals surface area (Å²) in [6, 6.07) is 0. The maximum absolute atomic E-state index is 13.4. The van der Waals surface area contributed by atoms with Crippen molar-refractivity contribution in [1.29, 1.82) is 5.41 Å². The highest BCUT2D eigenvalue weighted by Crippen LogP contribution is 2.75. The molecule has 48 heavy (non-hydrogen) atoms. The molecule has 0 spiro atoms. The lowest BCUT2D eigenvalue weighted by Gasteiger charge is -2.71. The minimum Gasteiger partial charge on any atom is -0.481 e. The molecule has 0 aromatic heterocycles. The van der Waals surface area contributed by atoms with Crippen molar-refractivity contribution in [1.82, 2.24) is 10.6 Å². The van der Waals surface area contributed by atoms with Crippen molar-refractivity contribution in [2.45, 2.75) is 132 Å². The monoisotopic (exact) mass is 671 g/mol. The zero-order valence-electron chi connectivity index (χ0n) is 31.7. The van der Waals surface area contributed by atoms with Crippen LogP contribution in [0.25, 0.3) is 0 Å². The van der Waals surface area contributed by atoms with Gasteiger partial charge >= 0.3 is 11.9 Å². The van der Waals surface area contributed by atoms with Crippen LogP contribution in [-0.4, -0.2) is 67.1 Å². The lowest BCUT2D eigenvalue weighted by atomic mass is 9.34. The lowest BCUT2D eigenvalue weighted by molar-refractivity contribution is -0.266. The number of guanidine groups is 1. The zero-order chi connectivity index (χ0) is 35.7. The van der Waals surface area contributed by atoms with Gasteiger partial charge in [-0.25, -0.2) is 0 Å². The Hall–Kier alpha value is -2.13. The van der Waals surface area contributed by atoms with Crippen molar-refractivity contribution in [2.24, 2.45) is 56.7 Å². The molecule has 1 saturated heterocycles. The third-order valence-corrected chi connectivity index (χ3v) is 14.6. The Bertz CT molecular complexity index is 1310.